The minimum Gasteiger partial charge on any atom is -0.394 e. The average Bonchev–Trinajstić information content (AvgIpc) is 2.43. The van der Waals surface area contributed by atoms with E-state index in [9.17, 15) is 0 Å². The van der Waals surface area contributed by atoms with Gasteiger partial charge in [0.25, 0.3) is 0 Å². The highest BCUT2D eigenvalue weighted by atomic mass is 16.8. The van der Waals surface area contributed by atoms with E-state index in [1.165, 1.54) is 0 Å². The van der Waals surface area contributed by atoms with Crippen LogP contribution in [0.2, 0.25) is 0 Å². The molecule has 0 spiro atoms. The lowest BCUT2D eigenvalue weighted by atomic mass is 10.2. The number of aliphatic hydroxyl groups is 2. The summed E-state index contributed by atoms with van der Waals surface area (Å²) in [6, 6.07) is 0. The molecule has 1 fully saturated rings. The second-order valence-corrected chi connectivity index (χ2v) is 3.17. The van der Waals surface area contributed by atoms with Crippen molar-refractivity contribution in [3.8, 4) is 0 Å². The molecule has 0 amide bonds. The average molecular weight is 176 g/mol. The Kier molecular flexibility index (Phi) is 3.06. The van der Waals surface area contributed by atoms with Crippen molar-refractivity contribution >= 4 is 0 Å². The van der Waals surface area contributed by atoms with Crippen molar-refractivity contribution in [1.29, 1.82) is 0 Å². The Morgan fingerprint density at radius 3 is 1.83 bits per heavy atom. The van der Waals surface area contributed by atoms with Gasteiger partial charge in [0, 0.05) is 0 Å². The Hall–Kier alpha value is -0.160. The molecule has 1 heterocycles. The molecule has 2 atom stereocenters. The smallest absolute Gasteiger partial charge is 0.166 e. The van der Waals surface area contributed by atoms with E-state index in [0.29, 0.717) is 6.42 Å². The van der Waals surface area contributed by atoms with Crippen LogP contribution in [-0.2, 0) is 9.47 Å². The molecular weight excluding hydrogens is 160 g/mol. The van der Waals surface area contributed by atoms with Crippen molar-refractivity contribution in [3.63, 3.8) is 0 Å². The molecule has 0 unspecified atom stereocenters. The number of rotatable bonds is 3. The molecule has 0 radical (unpaired) electrons. The van der Waals surface area contributed by atoms with Crippen molar-refractivity contribution in [2.75, 3.05) is 13.2 Å². The molecule has 1 aliphatic rings. The van der Waals surface area contributed by atoms with Crippen LogP contribution in [0.3, 0.4) is 0 Å². The standard InChI is InChI=1S/C8H16O4/c1-3-8(2)11-6(4-9)7(5-10)12-8/h6-7,9-10H,3-5H2,1-2H3/t6-,7-/m1/s1. The van der Waals surface area contributed by atoms with Crippen LogP contribution >= 0.6 is 0 Å². The zero-order valence-corrected chi connectivity index (χ0v) is 7.49. The molecule has 1 saturated heterocycles. The van der Waals surface area contributed by atoms with Crippen LogP contribution in [0.4, 0.5) is 0 Å². The highest BCUT2D eigenvalue weighted by Gasteiger charge is 2.42. The monoisotopic (exact) mass is 176 g/mol. The summed E-state index contributed by atoms with van der Waals surface area (Å²) in [5, 5.41) is 17.8. The van der Waals surface area contributed by atoms with Crippen LogP contribution < -0.4 is 0 Å². The van der Waals surface area contributed by atoms with Crippen molar-refractivity contribution in [2.45, 2.75) is 38.3 Å². The van der Waals surface area contributed by atoms with Crippen LogP contribution in [0.1, 0.15) is 20.3 Å². The van der Waals surface area contributed by atoms with Gasteiger partial charge in [0.1, 0.15) is 12.2 Å². The quantitative estimate of drug-likeness (QED) is 0.629. The fourth-order valence-electron chi connectivity index (χ4n) is 1.30. The second kappa shape index (κ2) is 3.70. The first-order valence-electron chi connectivity index (χ1n) is 4.22. The molecule has 1 aliphatic heterocycles. The van der Waals surface area contributed by atoms with E-state index < -0.39 is 5.79 Å². The van der Waals surface area contributed by atoms with Gasteiger partial charge in [-0.1, -0.05) is 6.92 Å². The van der Waals surface area contributed by atoms with Crippen molar-refractivity contribution in [3.05, 3.63) is 0 Å². The largest absolute Gasteiger partial charge is 0.394 e. The maximum absolute atomic E-state index is 8.88. The van der Waals surface area contributed by atoms with Gasteiger partial charge in [0.05, 0.1) is 13.2 Å². The summed E-state index contributed by atoms with van der Waals surface area (Å²) >= 11 is 0. The van der Waals surface area contributed by atoms with E-state index in [4.69, 9.17) is 19.7 Å². The first-order valence-corrected chi connectivity index (χ1v) is 4.22. The predicted octanol–water partition coefficient (Wildman–Crippen LogP) is -0.119. The van der Waals surface area contributed by atoms with Gasteiger partial charge in [-0.25, -0.2) is 0 Å². The number of hydrogen-bond donors (Lipinski definition) is 2. The molecule has 4 heteroatoms. The molecule has 1 rings (SSSR count). The van der Waals surface area contributed by atoms with E-state index >= 15 is 0 Å². The normalized spacial score (nSPS) is 34.0. The van der Waals surface area contributed by atoms with Crippen LogP contribution in [0.15, 0.2) is 0 Å². The third kappa shape index (κ3) is 1.77. The first-order chi connectivity index (χ1) is 5.65. The van der Waals surface area contributed by atoms with Gasteiger partial charge in [0.2, 0.25) is 0 Å². The molecule has 0 aliphatic carbocycles. The van der Waals surface area contributed by atoms with Crippen LogP contribution in [-0.4, -0.2) is 41.4 Å². The van der Waals surface area contributed by atoms with Crippen molar-refractivity contribution in [1.82, 2.24) is 0 Å². The molecular formula is C8H16O4. The Morgan fingerprint density at radius 1 is 1.17 bits per heavy atom. The summed E-state index contributed by atoms with van der Waals surface area (Å²) in [7, 11) is 0. The van der Waals surface area contributed by atoms with Gasteiger partial charge in [-0.05, 0) is 13.3 Å². The lowest BCUT2D eigenvalue weighted by Gasteiger charge is -2.20. The minimum absolute atomic E-state index is 0.110. The molecule has 0 bridgehead atoms. The zero-order valence-electron chi connectivity index (χ0n) is 7.49. The van der Waals surface area contributed by atoms with Crippen LogP contribution in [0, 0.1) is 0 Å². The maximum Gasteiger partial charge on any atom is 0.166 e. The highest BCUT2D eigenvalue weighted by Crippen LogP contribution is 2.30. The molecule has 2 N–H and O–H groups in total. The van der Waals surface area contributed by atoms with Gasteiger partial charge in [-0.2, -0.15) is 0 Å². The Balaban J connectivity index is 2.58. The molecule has 0 saturated carbocycles. The van der Waals surface area contributed by atoms with Gasteiger partial charge >= 0.3 is 0 Å². The van der Waals surface area contributed by atoms with E-state index in [1.54, 1.807) is 0 Å². The lowest BCUT2D eigenvalue weighted by Crippen LogP contribution is -2.29. The summed E-state index contributed by atoms with van der Waals surface area (Å²) in [5.74, 6) is -0.638. The molecule has 72 valence electrons. The number of hydrogen-bond acceptors (Lipinski definition) is 4. The van der Waals surface area contributed by atoms with Gasteiger partial charge < -0.3 is 19.7 Å². The topological polar surface area (TPSA) is 58.9 Å². The van der Waals surface area contributed by atoms with E-state index in [0.717, 1.165) is 0 Å². The van der Waals surface area contributed by atoms with Crippen LogP contribution in [0.25, 0.3) is 0 Å². The van der Waals surface area contributed by atoms with Gasteiger partial charge in [-0.3, -0.25) is 0 Å². The predicted molar refractivity (Wildman–Crippen MR) is 42.6 cm³/mol. The number of aliphatic hydroxyl groups excluding tert-OH is 2. The first kappa shape index (κ1) is 9.92. The Bertz CT molecular complexity index is 136. The second-order valence-electron chi connectivity index (χ2n) is 3.17. The molecule has 12 heavy (non-hydrogen) atoms. The fraction of sp³-hybridized carbons (Fsp3) is 1.00. The highest BCUT2D eigenvalue weighted by molar-refractivity contribution is 4.81. The summed E-state index contributed by atoms with van der Waals surface area (Å²) in [4.78, 5) is 0. The van der Waals surface area contributed by atoms with Gasteiger partial charge in [0.15, 0.2) is 5.79 Å². The van der Waals surface area contributed by atoms with Crippen molar-refractivity contribution < 1.29 is 19.7 Å². The van der Waals surface area contributed by atoms with Gasteiger partial charge in [-0.15, -0.1) is 0 Å². The molecule has 0 aromatic heterocycles. The fourth-order valence-corrected chi connectivity index (χ4v) is 1.30. The zero-order chi connectivity index (χ0) is 9.19. The summed E-state index contributed by atoms with van der Waals surface area (Å²) < 4.78 is 10.8. The summed E-state index contributed by atoms with van der Waals surface area (Å²) in [6.45, 7) is 3.53. The van der Waals surface area contributed by atoms with E-state index in [1.807, 2.05) is 13.8 Å². The molecule has 4 nitrogen and oxygen atoms in total. The summed E-state index contributed by atoms with van der Waals surface area (Å²) in [6.07, 6.45) is -0.0695. The Morgan fingerprint density at radius 2 is 1.58 bits per heavy atom. The minimum atomic E-state index is -0.638. The van der Waals surface area contributed by atoms with Crippen molar-refractivity contribution in [2.24, 2.45) is 0 Å². The Labute approximate surface area is 72.1 Å². The third-order valence-corrected chi connectivity index (χ3v) is 2.22. The summed E-state index contributed by atoms with van der Waals surface area (Å²) in [5.41, 5.74) is 0. The lowest BCUT2D eigenvalue weighted by molar-refractivity contribution is -0.167. The number of ether oxygens (including phenoxy) is 2. The molecule has 0 aromatic rings. The van der Waals surface area contributed by atoms with E-state index in [2.05, 4.69) is 0 Å². The van der Waals surface area contributed by atoms with E-state index in [-0.39, 0.29) is 25.4 Å². The molecule has 0 aromatic carbocycles. The maximum atomic E-state index is 8.88. The SMILES string of the molecule is CCC1(C)O[C@H](CO)[C@@H](CO)O1. The third-order valence-electron chi connectivity index (χ3n) is 2.22. The van der Waals surface area contributed by atoms with Crippen LogP contribution in [0.5, 0.6) is 0 Å².